The zero-order chi connectivity index (χ0) is 16.2. The van der Waals surface area contributed by atoms with Gasteiger partial charge in [0.15, 0.2) is 0 Å². The van der Waals surface area contributed by atoms with Crippen LogP contribution in [0.3, 0.4) is 0 Å². The molecule has 0 saturated carbocycles. The Morgan fingerprint density at radius 2 is 1.48 bits per heavy atom. The zero-order valence-electron chi connectivity index (χ0n) is 13.9. The van der Waals surface area contributed by atoms with Crippen molar-refractivity contribution in [3.8, 4) is 0 Å². The molecule has 2 nitrogen and oxygen atoms in total. The Balaban J connectivity index is 1.92. The molecule has 0 amide bonds. The first kappa shape index (κ1) is 17.5. The van der Waals surface area contributed by atoms with Crippen molar-refractivity contribution in [3.05, 3.63) is 71.8 Å². The van der Waals surface area contributed by atoms with Crippen molar-refractivity contribution in [2.24, 2.45) is 5.73 Å². The second kappa shape index (κ2) is 10.8. The van der Waals surface area contributed by atoms with Crippen LogP contribution in [0.25, 0.3) is 11.6 Å². The third-order valence-corrected chi connectivity index (χ3v) is 3.91. The van der Waals surface area contributed by atoms with Crippen molar-refractivity contribution in [1.82, 2.24) is 5.32 Å². The molecule has 2 aromatic rings. The van der Waals surface area contributed by atoms with E-state index in [1.165, 1.54) is 36.0 Å². The van der Waals surface area contributed by atoms with E-state index in [9.17, 15) is 0 Å². The van der Waals surface area contributed by atoms with Crippen LogP contribution in [0.5, 0.6) is 0 Å². The smallest absolute Gasteiger partial charge is 0.0211 e. The van der Waals surface area contributed by atoms with E-state index in [0.717, 1.165) is 26.1 Å². The normalized spacial score (nSPS) is 11.6. The summed E-state index contributed by atoms with van der Waals surface area (Å²) in [5.41, 5.74) is 9.39. The largest absolute Gasteiger partial charge is 0.330 e. The summed E-state index contributed by atoms with van der Waals surface area (Å²) in [5.74, 6) is 0. The van der Waals surface area contributed by atoms with Gasteiger partial charge in [0.25, 0.3) is 0 Å². The van der Waals surface area contributed by atoms with Crippen LogP contribution in [0.1, 0.15) is 36.8 Å². The van der Waals surface area contributed by atoms with Gasteiger partial charge in [0.05, 0.1) is 0 Å². The average molecular weight is 308 g/mol. The lowest BCUT2D eigenvalue weighted by Crippen LogP contribution is -2.18. The van der Waals surface area contributed by atoms with Gasteiger partial charge in [0, 0.05) is 6.54 Å². The highest BCUT2D eigenvalue weighted by molar-refractivity contribution is 5.82. The summed E-state index contributed by atoms with van der Waals surface area (Å²) in [6.07, 6.45) is 7.13. The Morgan fingerprint density at radius 1 is 0.826 bits per heavy atom. The summed E-state index contributed by atoms with van der Waals surface area (Å²) in [6, 6.07) is 21.1. The summed E-state index contributed by atoms with van der Waals surface area (Å²) in [5, 5.41) is 3.58. The molecule has 0 unspecified atom stereocenters. The van der Waals surface area contributed by atoms with Crippen LogP contribution in [0.4, 0.5) is 0 Å². The quantitative estimate of drug-likeness (QED) is 0.506. The van der Waals surface area contributed by atoms with Gasteiger partial charge in [0.1, 0.15) is 0 Å². The van der Waals surface area contributed by atoms with Crippen molar-refractivity contribution in [2.75, 3.05) is 19.6 Å². The number of nitrogens with two attached hydrogens (primary N) is 1. The first-order chi connectivity index (χ1) is 11.4. The van der Waals surface area contributed by atoms with Crippen LogP contribution in [0, 0.1) is 0 Å². The minimum absolute atomic E-state index is 0.811. The van der Waals surface area contributed by atoms with Gasteiger partial charge in [-0.2, -0.15) is 0 Å². The van der Waals surface area contributed by atoms with E-state index in [1.54, 1.807) is 0 Å². The maximum absolute atomic E-state index is 5.52. The second-order valence-electron chi connectivity index (χ2n) is 5.83. The molecule has 2 rings (SSSR count). The van der Waals surface area contributed by atoms with E-state index in [1.807, 2.05) is 0 Å². The molecule has 0 aromatic heterocycles. The average Bonchev–Trinajstić information content (AvgIpc) is 2.61. The molecule has 0 saturated heterocycles. The molecule has 0 radical (unpaired) electrons. The highest BCUT2D eigenvalue weighted by atomic mass is 14.8. The fraction of sp³-hybridized carbons (Fsp3) is 0.333. The van der Waals surface area contributed by atoms with E-state index < -0.39 is 0 Å². The van der Waals surface area contributed by atoms with E-state index in [0.29, 0.717) is 0 Å². The van der Waals surface area contributed by atoms with E-state index in [-0.39, 0.29) is 0 Å². The molecule has 2 heteroatoms. The fourth-order valence-electron chi connectivity index (χ4n) is 2.61. The Bertz CT molecular complexity index is 561. The van der Waals surface area contributed by atoms with Gasteiger partial charge < -0.3 is 11.1 Å². The van der Waals surface area contributed by atoms with E-state index in [2.05, 4.69) is 72.1 Å². The highest BCUT2D eigenvalue weighted by Gasteiger charge is 2.01. The van der Waals surface area contributed by atoms with Crippen LogP contribution < -0.4 is 11.1 Å². The van der Waals surface area contributed by atoms with Crippen molar-refractivity contribution in [1.29, 1.82) is 0 Å². The molecule has 23 heavy (non-hydrogen) atoms. The number of rotatable bonds is 10. The summed E-state index contributed by atoms with van der Waals surface area (Å²) in [7, 11) is 0. The van der Waals surface area contributed by atoms with Crippen molar-refractivity contribution < 1.29 is 0 Å². The zero-order valence-corrected chi connectivity index (χ0v) is 13.9. The molecule has 0 heterocycles. The molecule has 0 aliphatic heterocycles. The van der Waals surface area contributed by atoms with Gasteiger partial charge in [-0.25, -0.2) is 0 Å². The third kappa shape index (κ3) is 6.81. The van der Waals surface area contributed by atoms with Crippen molar-refractivity contribution in [2.45, 2.75) is 25.7 Å². The molecular weight excluding hydrogens is 280 g/mol. The lowest BCUT2D eigenvalue weighted by atomic mass is 10.0. The van der Waals surface area contributed by atoms with Crippen LogP contribution in [-0.4, -0.2) is 19.6 Å². The second-order valence-corrected chi connectivity index (χ2v) is 5.83. The van der Waals surface area contributed by atoms with Gasteiger partial charge in [-0.3, -0.25) is 0 Å². The molecule has 0 aliphatic rings. The number of hydrogen-bond donors (Lipinski definition) is 2. The number of benzene rings is 2. The van der Waals surface area contributed by atoms with Gasteiger partial charge in [-0.1, -0.05) is 73.5 Å². The Kier molecular flexibility index (Phi) is 8.17. The number of unbranched alkanes of at least 4 members (excludes halogenated alkanes) is 3. The number of hydrogen-bond acceptors (Lipinski definition) is 2. The monoisotopic (exact) mass is 308 g/mol. The van der Waals surface area contributed by atoms with Crippen LogP contribution in [0.15, 0.2) is 60.7 Å². The summed E-state index contributed by atoms with van der Waals surface area (Å²) in [6.45, 7) is 2.77. The van der Waals surface area contributed by atoms with Gasteiger partial charge in [0.2, 0.25) is 0 Å². The summed E-state index contributed by atoms with van der Waals surface area (Å²) in [4.78, 5) is 0. The minimum Gasteiger partial charge on any atom is -0.330 e. The Morgan fingerprint density at radius 3 is 2.17 bits per heavy atom. The Hall–Kier alpha value is -1.90. The lowest BCUT2D eigenvalue weighted by Gasteiger charge is -2.10. The van der Waals surface area contributed by atoms with E-state index >= 15 is 0 Å². The maximum Gasteiger partial charge on any atom is 0.0211 e. The van der Waals surface area contributed by atoms with Gasteiger partial charge in [-0.05, 0) is 48.7 Å². The lowest BCUT2D eigenvalue weighted by molar-refractivity contribution is 0.611. The highest BCUT2D eigenvalue weighted by Crippen LogP contribution is 2.17. The maximum atomic E-state index is 5.52. The molecular formula is C21H28N2. The minimum atomic E-state index is 0.811. The molecule has 0 aliphatic carbocycles. The predicted octanol–water partition coefficient (Wildman–Crippen LogP) is 4.34. The molecule has 0 fully saturated rings. The van der Waals surface area contributed by atoms with Crippen LogP contribution >= 0.6 is 0 Å². The third-order valence-electron chi connectivity index (χ3n) is 3.91. The van der Waals surface area contributed by atoms with Crippen molar-refractivity contribution in [3.63, 3.8) is 0 Å². The molecule has 0 atom stereocenters. The Labute approximate surface area is 140 Å². The van der Waals surface area contributed by atoms with Crippen LogP contribution in [0.2, 0.25) is 0 Å². The topological polar surface area (TPSA) is 38.0 Å². The van der Waals surface area contributed by atoms with E-state index in [4.69, 9.17) is 5.73 Å². The molecule has 0 bridgehead atoms. The molecule has 0 spiro atoms. The SMILES string of the molecule is NCCCCCCNC/C(=C\c1ccccc1)c1ccccc1. The van der Waals surface area contributed by atoms with Crippen LogP contribution in [-0.2, 0) is 0 Å². The van der Waals surface area contributed by atoms with Gasteiger partial charge >= 0.3 is 0 Å². The number of nitrogens with one attached hydrogen (secondary N) is 1. The first-order valence-electron chi connectivity index (χ1n) is 8.62. The summed E-state index contributed by atoms with van der Waals surface area (Å²) >= 11 is 0. The summed E-state index contributed by atoms with van der Waals surface area (Å²) < 4.78 is 0. The standard InChI is InChI=1S/C21H28N2/c22-15-9-1-2-10-16-23-18-21(20-13-7-4-8-14-20)17-19-11-5-3-6-12-19/h3-8,11-14,17,23H,1-2,9-10,15-16,18,22H2/b21-17+. The van der Waals surface area contributed by atoms with Gasteiger partial charge in [-0.15, -0.1) is 0 Å². The molecule has 122 valence electrons. The predicted molar refractivity (Wildman–Crippen MR) is 101 cm³/mol. The first-order valence-corrected chi connectivity index (χ1v) is 8.62. The van der Waals surface area contributed by atoms with Crippen molar-refractivity contribution >= 4 is 11.6 Å². The molecule has 2 aromatic carbocycles. The fourth-order valence-corrected chi connectivity index (χ4v) is 2.61. The molecule has 3 N–H and O–H groups in total.